The summed E-state index contributed by atoms with van der Waals surface area (Å²) in [6.45, 7) is 0.0315. The highest BCUT2D eigenvalue weighted by Gasteiger charge is 2.40. The lowest BCUT2D eigenvalue weighted by Crippen LogP contribution is -2.39. The Balaban J connectivity index is 1.59. The fraction of sp³-hybridized carbons (Fsp3) is 0.364. The number of rotatable bonds is 6. The van der Waals surface area contributed by atoms with Crippen LogP contribution in [-0.4, -0.2) is 50.2 Å². The molecule has 1 fully saturated rings. The molecule has 0 aliphatic carbocycles. The summed E-state index contributed by atoms with van der Waals surface area (Å²) in [6, 6.07) is 9.27. The maximum atomic E-state index is 13.4. The number of piperidine rings is 1. The van der Waals surface area contributed by atoms with Crippen LogP contribution in [0.15, 0.2) is 51.9 Å². The van der Waals surface area contributed by atoms with E-state index in [1.165, 1.54) is 20.3 Å². The summed E-state index contributed by atoms with van der Waals surface area (Å²) in [4.78, 5) is 3.64. The molecule has 182 valence electrons. The third-order valence-corrected chi connectivity index (χ3v) is 7.55. The summed E-state index contributed by atoms with van der Waals surface area (Å²) in [6.07, 6.45) is -3.80. The monoisotopic (exact) mass is 497 g/mol. The van der Waals surface area contributed by atoms with Crippen molar-refractivity contribution in [3.63, 3.8) is 0 Å². The van der Waals surface area contributed by atoms with E-state index >= 15 is 0 Å². The molecule has 0 N–H and O–H groups in total. The van der Waals surface area contributed by atoms with E-state index in [4.69, 9.17) is 14.0 Å². The molecule has 1 aromatic heterocycles. The molecule has 0 radical (unpaired) electrons. The number of hydrogen-bond acceptors (Lipinski definition) is 7. The second kappa shape index (κ2) is 9.26. The molecule has 0 unspecified atom stereocenters. The van der Waals surface area contributed by atoms with E-state index in [1.54, 1.807) is 18.2 Å². The summed E-state index contributed by atoms with van der Waals surface area (Å²) >= 11 is 0. The zero-order chi connectivity index (χ0) is 24.5. The normalized spacial score (nSPS) is 17.5. The average Bonchev–Trinajstić information content (AvgIpc) is 3.33. The Morgan fingerprint density at radius 2 is 1.82 bits per heavy atom. The van der Waals surface area contributed by atoms with Gasteiger partial charge in [-0.05, 0) is 43.2 Å². The molecular weight excluding hydrogens is 475 g/mol. The largest absolute Gasteiger partial charge is 0.493 e. The Kier molecular flexibility index (Phi) is 6.54. The Hall–Kier alpha value is -3.12. The molecule has 4 rings (SSSR count). The standard InChI is InChI=1S/C22H22F3N3O5S/c1-31-17-10-9-14(12-18(17)32-2)20-26-21(33-27-20)15-6-5-11-28(13-15)34(29,30)19-8-4-3-7-16(19)22(23,24)25/h3-4,7-10,12,15H,5-6,11,13H2,1-2H3/t15-/m1/s1. The topological polar surface area (TPSA) is 94.8 Å². The van der Waals surface area contributed by atoms with Gasteiger partial charge in [0.25, 0.3) is 0 Å². The van der Waals surface area contributed by atoms with Crippen molar-refractivity contribution in [2.45, 2.75) is 29.8 Å². The van der Waals surface area contributed by atoms with Crippen molar-refractivity contribution < 1.29 is 35.6 Å². The lowest BCUT2D eigenvalue weighted by Gasteiger charge is -2.30. The molecule has 2 heterocycles. The number of hydrogen-bond donors (Lipinski definition) is 0. The highest BCUT2D eigenvalue weighted by atomic mass is 32.2. The zero-order valence-corrected chi connectivity index (χ0v) is 19.2. The van der Waals surface area contributed by atoms with Gasteiger partial charge in [0, 0.05) is 18.7 Å². The third kappa shape index (κ3) is 4.60. The summed E-state index contributed by atoms with van der Waals surface area (Å²) in [7, 11) is -1.37. The van der Waals surface area contributed by atoms with Gasteiger partial charge >= 0.3 is 6.18 Å². The SMILES string of the molecule is COc1ccc(-c2noc([C@@H]3CCCN(S(=O)(=O)c4ccccc4C(F)(F)F)C3)n2)cc1OC. The molecule has 0 bridgehead atoms. The third-order valence-electron chi connectivity index (χ3n) is 5.63. The summed E-state index contributed by atoms with van der Waals surface area (Å²) in [5.41, 5.74) is -0.585. The number of methoxy groups -OCH3 is 2. The highest BCUT2D eigenvalue weighted by Crippen LogP contribution is 2.37. The lowest BCUT2D eigenvalue weighted by atomic mass is 10.00. The van der Waals surface area contributed by atoms with Crippen molar-refractivity contribution in [3.05, 3.63) is 53.9 Å². The zero-order valence-electron chi connectivity index (χ0n) is 18.4. The number of aromatic nitrogens is 2. The number of sulfonamides is 1. The van der Waals surface area contributed by atoms with Crippen LogP contribution < -0.4 is 9.47 Å². The Labute approximate surface area is 194 Å². The van der Waals surface area contributed by atoms with Crippen molar-refractivity contribution in [3.8, 4) is 22.9 Å². The van der Waals surface area contributed by atoms with E-state index in [2.05, 4.69) is 10.1 Å². The summed E-state index contributed by atoms with van der Waals surface area (Å²) < 4.78 is 83.5. The first-order valence-corrected chi connectivity index (χ1v) is 11.8. The van der Waals surface area contributed by atoms with Gasteiger partial charge in [0.15, 0.2) is 11.5 Å². The molecule has 12 heteroatoms. The predicted molar refractivity (Wildman–Crippen MR) is 115 cm³/mol. The van der Waals surface area contributed by atoms with Crippen LogP contribution in [0.1, 0.15) is 30.2 Å². The van der Waals surface area contributed by atoms with Crippen LogP contribution in [0.25, 0.3) is 11.4 Å². The van der Waals surface area contributed by atoms with Crippen LogP contribution in [-0.2, 0) is 16.2 Å². The Morgan fingerprint density at radius 1 is 1.09 bits per heavy atom. The van der Waals surface area contributed by atoms with Gasteiger partial charge in [-0.2, -0.15) is 22.5 Å². The Bertz CT molecular complexity index is 1280. The summed E-state index contributed by atoms with van der Waals surface area (Å²) in [5.74, 6) is 1.04. The van der Waals surface area contributed by atoms with E-state index in [0.717, 1.165) is 22.5 Å². The van der Waals surface area contributed by atoms with Crippen molar-refractivity contribution in [1.82, 2.24) is 14.4 Å². The summed E-state index contributed by atoms with van der Waals surface area (Å²) in [5, 5.41) is 3.99. The molecule has 0 amide bonds. The molecule has 0 spiro atoms. The predicted octanol–water partition coefficient (Wildman–Crippen LogP) is 4.34. The molecule has 1 aliphatic heterocycles. The number of ether oxygens (including phenoxy) is 2. The quantitative estimate of drug-likeness (QED) is 0.500. The van der Waals surface area contributed by atoms with E-state index in [0.29, 0.717) is 29.9 Å². The highest BCUT2D eigenvalue weighted by molar-refractivity contribution is 7.89. The van der Waals surface area contributed by atoms with Gasteiger partial charge in [-0.25, -0.2) is 8.42 Å². The molecular formula is C22H22F3N3O5S. The molecule has 1 atom stereocenters. The van der Waals surface area contributed by atoms with E-state index < -0.39 is 32.6 Å². The minimum Gasteiger partial charge on any atom is -0.493 e. The van der Waals surface area contributed by atoms with Gasteiger partial charge in [-0.15, -0.1) is 0 Å². The minimum absolute atomic E-state index is 0.0674. The van der Waals surface area contributed by atoms with Gasteiger partial charge in [0.1, 0.15) is 0 Å². The van der Waals surface area contributed by atoms with Gasteiger partial charge < -0.3 is 14.0 Å². The van der Waals surface area contributed by atoms with E-state index in [1.807, 2.05) is 0 Å². The maximum absolute atomic E-state index is 13.4. The maximum Gasteiger partial charge on any atom is 0.417 e. The van der Waals surface area contributed by atoms with Gasteiger partial charge in [0.05, 0.1) is 30.6 Å². The molecule has 8 nitrogen and oxygen atoms in total. The average molecular weight is 497 g/mol. The molecule has 1 saturated heterocycles. The first-order chi connectivity index (χ1) is 16.1. The fourth-order valence-corrected chi connectivity index (χ4v) is 5.66. The molecule has 0 saturated carbocycles. The minimum atomic E-state index is -4.79. The first kappa shape index (κ1) is 24.0. The van der Waals surface area contributed by atoms with Crippen LogP contribution in [0.4, 0.5) is 13.2 Å². The van der Waals surface area contributed by atoms with Crippen molar-refractivity contribution in [2.24, 2.45) is 0 Å². The van der Waals surface area contributed by atoms with Crippen LogP contribution in [0, 0.1) is 0 Å². The fourth-order valence-electron chi connectivity index (χ4n) is 3.92. The second-order valence-electron chi connectivity index (χ2n) is 7.72. The molecule has 1 aliphatic rings. The number of halogens is 3. The Morgan fingerprint density at radius 3 is 2.53 bits per heavy atom. The molecule has 2 aromatic carbocycles. The number of nitrogens with zero attached hydrogens (tertiary/aromatic N) is 3. The first-order valence-electron chi connectivity index (χ1n) is 10.4. The van der Waals surface area contributed by atoms with Crippen LogP contribution in [0.2, 0.25) is 0 Å². The lowest BCUT2D eigenvalue weighted by molar-refractivity contribution is -0.139. The van der Waals surface area contributed by atoms with Gasteiger partial charge in [0.2, 0.25) is 21.7 Å². The number of alkyl halides is 3. The molecule has 34 heavy (non-hydrogen) atoms. The smallest absolute Gasteiger partial charge is 0.417 e. The van der Waals surface area contributed by atoms with Crippen LogP contribution in [0.3, 0.4) is 0 Å². The van der Waals surface area contributed by atoms with Crippen molar-refractivity contribution >= 4 is 10.0 Å². The van der Waals surface area contributed by atoms with E-state index in [9.17, 15) is 21.6 Å². The van der Waals surface area contributed by atoms with Crippen LogP contribution in [0.5, 0.6) is 11.5 Å². The van der Waals surface area contributed by atoms with Crippen LogP contribution >= 0.6 is 0 Å². The van der Waals surface area contributed by atoms with Crippen molar-refractivity contribution in [1.29, 1.82) is 0 Å². The van der Waals surface area contributed by atoms with Gasteiger partial charge in [-0.3, -0.25) is 0 Å². The van der Waals surface area contributed by atoms with Crippen molar-refractivity contribution in [2.75, 3.05) is 27.3 Å². The molecule has 3 aromatic rings. The van der Waals surface area contributed by atoms with E-state index in [-0.39, 0.29) is 24.8 Å². The second-order valence-corrected chi connectivity index (χ2v) is 9.63. The van der Waals surface area contributed by atoms with Gasteiger partial charge in [-0.1, -0.05) is 17.3 Å². The number of benzene rings is 2.